The molecule has 0 spiro atoms. The maximum atomic E-state index is 12.4. The standard InChI is InChI=1S/C24H25N5O3/c30-23-7-4-12-27(23)13-20-14-29(26-25-20)21-15-28(16-21)24(31)17-32-22-10-8-19(9-11-22)18-5-2-1-3-6-18/h1-3,5-6,8-11,14,21H,4,7,12-13,15-17H2. The van der Waals surface area contributed by atoms with Gasteiger partial charge in [0, 0.05) is 26.1 Å². The van der Waals surface area contributed by atoms with Gasteiger partial charge in [-0.15, -0.1) is 5.10 Å². The summed E-state index contributed by atoms with van der Waals surface area (Å²) in [5, 5.41) is 8.37. The Morgan fingerprint density at radius 2 is 1.78 bits per heavy atom. The SMILES string of the molecule is O=C1CCCN1Cc1cn(C2CN(C(=O)COc3ccc(-c4ccccc4)cc3)C2)nn1. The first-order chi connectivity index (χ1) is 15.7. The summed E-state index contributed by atoms with van der Waals surface area (Å²) in [6.45, 7) is 2.47. The zero-order chi connectivity index (χ0) is 21.9. The fourth-order valence-corrected chi connectivity index (χ4v) is 4.07. The number of benzene rings is 2. The van der Waals surface area contributed by atoms with Crippen LogP contribution in [0.15, 0.2) is 60.8 Å². The molecular weight excluding hydrogens is 406 g/mol. The van der Waals surface area contributed by atoms with Gasteiger partial charge >= 0.3 is 0 Å². The van der Waals surface area contributed by atoms with Crippen molar-refractivity contribution < 1.29 is 14.3 Å². The van der Waals surface area contributed by atoms with Gasteiger partial charge in [-0.1, -0.05) is 47.7 Å². The Hall–Kier alpha value is -3.68. The van der Waals surface area contributed by atoms with Crippen molar-refractivity contribution in [2.24, 2.45) is 0 Å². The van der Waals surface area contributed by atoms with E-state index in [9.17, 15) is 9.59 Å². The first-order valence-electron chi connectivity index (χ1n) is 10.9. The second-order valence-electron chi connectivity index (χ2n) is 8.24. The van der Waals surface area contributed by atoms with E-state index in [1.54, 1.807) is 9.58 Å². The summed E-state index contributed by atoms with van der Waals surface area (Å²) < 4.78 is 7.48. The quantitative estimate of drug-likeness (QED) is 0.574. The van der Waals surface area contributed by atoms with Crippen LogP contribution >= 0.6 is 0 Å². The van der Waals surface area contributed by atoms with Crippen LogP contribution in [0.4, 0.5) is 0 Å². The van der Waals surface area contributed by atoms with E-state index >= 15 is 0 Å². The summed E-state index contributed by atoms with van der Waals surface area (Å²) >= 11 is 0. The minimum atomic E-state index is -0.0450. The molecule has 0 unspecified atom stereocenters. The molecule has 1 aromatic heterocycles. The Labute approximate surface area is 186 Å². The van der Waals surface area contributed by atoms with Gasteiger partial charge < -0.3 is 14.5 Å². The molecule has 32 heavy (non-hydrogen) atoms. The van der Waals surface area contributed by atoms with Gasteiger partial charge in [0.15, 0.2) is 6.61 Å². The van der Waals surface area contributed by atoms with E-state index in [1.165, 1.54) is 0 Å². The van der Waals surface area contributed by atoms with Gasteiger partial charge in [-0.25, -0.2) is 4.68 Å². The van der Waals surface area contributed by atoms with Crippen molar-refractivity contribution in [3.63, 3.8) is 0 Å². The fraction of sp³-hybridized carbons (Fsp3) is 0.333. The number of hydrogen-bond acceptors (Lipinski definition) is 5. The Morgan fingerprint density at radius 1 is 1.03 bits per heavy atom. The Morgan fingerprint density at radius 3 is 2.50 bits per heavy atom. The number of amides is 2. The van der Waals surface area contributed by atoms with Gasteiger partial charge in [0.25, 0.3) is 5.91 Å². The maximum Gasteiger partial charge on any atom is 0.260 e. The molecule has 164 valence electrons. The van der Waals surface area contributed by atoms with Crippen LogP contribution in [0.3, 0.4) is 0 Å². The molecule has 0 N–H and O–H groups in total. The molecule has 3 heterocycles. The molecule has 2 amide bonds. The largest absolute Gasteiger partial charge is 0.484 e. The summed E-state index contributed by atoms with van der Waals surface area (Å²) in [7, 11) is 0. The molecule has 0 aliphatic carbocycles. The Bertz CT molecular complexity index is 1090. The number of carbonyl (C=O) groups is 2. The molecule has 3 aromatic rings. The molecular formula is C24H25N5O3. The minimum absolute atomic E-state index is 0.0110. The Kier molecular flexibility index (Phi) is 5.58. The monoisotopic (exact) mass is 431 g/mol. The van der Waals surface area contributed by atoms with Gasteiger partial charge in [0.1, 0.15) is 11.4 Å². The lowest BCUT2D eigenvalue weighted by atomic mass is 10.1. The van der Waals surface area contributed by atoms with Crippen molar-refractivity contribution >= 4 is 11.8 Å². The normalized spacial score (nSPS) is 16.3. The van der Waals surface area contributed by atoms with Crippen molar-refractivity contribution in [1.29, 1.82) is 0 Å². The highest BCUT2D eigenvalue weighted by Crippen LogP contribution is 2.24. The van der Waals surface area contributed by atoms with E-state index in [1.807, 2.05) is 53.6 Å². The van der Waals surface area contributed by atoms with Crippen LogP contribution < -0.4 is 4.74 Å². The molecule has 5 rings (SSSR count). The second-order valence-corrected chi connectivity index (χ2v) is 8.24. The van der Waals surface area contributed by atoms with Crippen LogP contribution in [0, 0.1) is 0 Å². The molecule has 8 heteroatoms. The van der Waals surface area contributed by atoms with Crippen molar-refractivity contribution in [2.45, 2.75) is 25.4 Å². The maximum absolute atomic E-state index is 12.4. The summed E-state index contributed by atoms with van der Waals surface area (Å²) in [5.74, 6) is 0.804. The zero-order valence-electron chi connectivity index (χ0n) is 17.8. The zero-order valence-corrected chi connectivity index (χ0v) is 17.8. The fourth-order valence-electron chi connectivity index (χ4n) is 4.07. The molecule has 0 atom stereocenters. The van der Waals surface area contributed by atoms with Crippen LogP contribution in [0.2, 0.25) is 0 Å². The lowest BCUT2D eigenvalue weighted by Gasteiger charge is -2.38. The number of ether oxygens (including phenoxy) is 1. The third-order valence-electron chi connectivity index (χ3n) is 5.99. The summed E-state index contributed by atoms with van der Waals surface area (Å²) in [6.07, 6.45) is 3.40. The van der Waals surface area contributed by atoms with Gasteiger partial charge in [0.05, 0.1) is 18.8 Å². The van der Waals surface area contributed by atoms with Crippen molar-refractivity contribution in [1.82, 2.24) is 24.8 Å². The number of nitrogens with zero attached hydrogens (tertiary/aromatic N) is 5. The lowest BCUT2D eigenvalue weighted by Crippen LogP contribution is -2.52. The number of hydrogen-bond donors (Lipinski definition) is 0. The third-order valence-corrected chi connectivity index (χ3v) is 5.99. The van der Waals surface area contributed by atoms with Crippen LogP contribution in [-0.4, -0.2) is 62.8 Å². The van der Waals surface area contributed by atoms with Gasteiger partial charge in [0.2, 0.25) is 5.91 Å². The molecule has 2 aliphatic rings. The van der Waals surface area contributed by atoms with Crippen molar-refractivity contribution in [3.05, 3.63) is 66.5 Å². The molecule has 2 saturated heterocycles. The van der Waals surface area contributed by atoms with E-state index < -0.39 is 0 Å². The summed E-state index contributed by atoms with van der Waals surface area (Å²) in [4.78, 5) is 27.8. The predicted octanol–water partition coefficient (Wildman–Crippen LogP) is 2.53. The average Bonchev–Trinajstić information content (AvgIpc) is 3.41. The van der Waals surface area contributed by atoms with Crippen LogP contribution in [0.25, 0.3) is 11.1 Å². The van der Waals surface area contributed by atoms with Gasteiger partial charge in [-0.3, -0.25) is 9.59 Å². The highest BCUT2D eigenvalue weighted by atomic mass is 16.5. The number of likely N-dealkylation sites (tertiary alicyclic amines) is 2. The van der Waals surface area contributed by atoms with Crippen LogP contribution in [-0.2, 0) is 16.1 Å². The Balaban J connectivity index is 1.08. The van der Waals surface area contributed by atoms with Crippen LogP contribution in [0.1, 0.15) is 24.6 Å². The van der Waals surface area contributed by atoms with Crippen molar-refractivity contribution in [3.8, 4) is 16.9 Å². The highest BCUT2D eigenvalue weighted by molar-refractivity contribution is 5.79. The molecule has 2 aliphatic heterocycles. The number of rotatable bonds is 7. The molecule has 2 aromatic carbocycles. The summed E-state index contributed by atoms with van der Waals surface area (Å²) in [5.41, 5.74) is 3.04. The number of carbonyl (C=O) groups excluding carboxylic acids is 2. The second kappa shape index (κ2) is 8.82. The number of aromatic nitrogens is 3. The lowest BCUT2D eigenvalue weighted by molar-refractivity contribution is -0.139. The van der Waals surface area contributed by atoms with Gasteiger partial charge in [-0.2, -0.15) is 0 Å². The minimum Gasteiger partial charge on any atom is -0.484 e. The van der Waals surface area contributed by atoms with E-state index in [0.717, 1.165) is 29.8 Å². The van der Waals surface area contributed by atoms with E-state index in [-0.39, 0.29) is 24.5 Å². The highest BCUT2D eigenvalue weighted by Gasteiger charge is 2.33. The smallest absolute Gasteiger partial charge is 0.260 e. The van der Waals surface area contributed by atoms with Gasteiger partial charge in [-0.05, 0) is 29.7 Å². The molecule has 2 fully saturated rings. The van der Waals surface area contributed by atoms with E-state index in [0.29, 0.717) is 31.8 Å². The molecule has 8 nitrogen and oxygen atoms in total. The topological polar surface area (TPSA) is 80.6 Å². The predicted molar refractivity (Wildman–Crippen MR) is 118 cm³/mol. The molecule has 0 radical (unpaired) electrons. The first-order valence-corrected chi connectivity index (χ1v) is 10.9. The van der Waals surface area contributed by atoms with E-state index in [4.69, 9.17) is 4.74 Å². The van der Waals surface area contributed by atoms with Crippen LogP contribution in [0.5, 0.6) is 5.75 Å². The molecule has 0 bridgehead atoms. The van der Waals surface area contributed by atoms with E-state index in [2.05, 4.69) is 22.4 Å². The summed E-state index contributed by atoms with van der Waals surface area (Å²) in [6, 6.07) is 18.0. The average molecular weight is 431 g/mol. The molecule has 0 saturated carbocycles. The third kappa shape index (κ3) is 4.34. The first kappa shape index (κ1) is 20.2. The van der Waals surface area contributed by atoms with Crippen molar-refractivity contribution in [2.75, 3.05) is 26.2 Å².